The van der Waals surface area contributed by atoms with Crippen molar-refractivity contribution in [1.29, 1.82) is 0 Å². The van der Waals surface area contributed by atoms with Crippen LogP contribution in [-0.2, 0) is 4.79 Å². The van der Waals surface area contributed by atoms with E-state index < -0.39 is 0 Å². The summed E-state index contributed by atoms with van der Waals surface area (Å²) in [6.45, 7) is 1.63. The monoisotopic (exact) mass is 232 g/mol. The summed E-state index contributed by atoms with van der Waals surface area (Å²) in [4.78, 5) is 13.4. The number of carbonyl (C=O) groups is 1. The van der Waals surface area contributed by atoms with Crippen LogP contribution in [0.25, 0.3) is 0 Å². The Hall–Kier alpha value is -0.220. The third kappa shape index (κ3) is 8.75. The van der Waals surface area contributed by atoms with E-state index in [0.29, 0.717) is 6.42 Å². The number of nitrogens with two attached hydrogens (primary N) is 1. The van der Waals surface area contributed by atoms with E-state index in [1.54, 1.807) is 11.8 Å². The van der Waals surface area contributed by atoms with E-state index in [1.165, 1.54) is 0 Å². The smallest absolute Gasteiger partial charge is 0.222 e. The molecule has 4 heteroatoms. The molecule has 0 aliphatic rings. The Labute approximate surface area is 97.8 Å². The molecule has 0 fully saturated rings. The van der Waals surface area contributed by atoms with Crippen molar-refractivity contribution >= 4 is 17.7 Å². The largest absolute Gasteiger partial charge is 0.345 e. The molecule has 0 saturated heterocycles. The lowest BCUT2D eigenvalue weighted by molar-refractivity contribution is -0.129. The summed E-state index contributed by atoms with van der Waals surface area (Å²) in [6.07, 6.45) is 7.11. The van der Waals surface area contributed by atoms with E-state index in [1.807, 2.05) is 11.9 Å². The third-order valence-corrected chi connectivity index (χ3v) is 2.99. The fourth-order valence-electron chi connectivity index (χ4n) is 1.32. The van der Waals surface area contributed by atoms with Crippen LogP contribution in [0.1, 0.15) is 32.1 Å². The van der Waals surface area contributed by atoms with Crippen LogP contribution in [-0.4, -0.2) is 43.0 Å². The summed E-state index contributed by atoms with van der Waals surface area (Å²) in [5.74, 6) is 1.30. The van der Waals surface area contributed by atoms with Crippen molar-refractivity contribution < 1.29 is 4.79 Å². The molecule has 0 aromatic carbocycles. The quantitative estimate of drug-likeness (QED) is 0.616. The van der Waals surface area contributed by atoms with Gasteiger partial charge in [0.25, 0.3) is 0 Å². The van der Waals surface area contributed by atoms with Crippen LogP contribution in [0.4, 0.5) is 0 Å². The summed E-state index contributed by atoms with van der Waals surface area (Å²) >= 11 is 1.77. The third-order valence-electron chi connectivity index (χ3n) is 2.40. The van der Waals surface area contributed by atoms with E-state index in [2.05, 4.69) is 6.26 Å². The molecule has 2 N–H and O–H groups in total. The number of hydrogen-bond acceptors (Lipinski definition) is 3. The first-order valence-electron chi connectivity index (χ1n) is 5.65. The molecule has 0 atom stereocenters. The minimum absolute atomic E-state index is 0.275. The number of hydrogen-bond donors (Lipinski definition) is 1. The molecule has 1 amide bonds. The number of rotatable bonds is 9. The van der Waals surface area contributed by atoms with Crippen LogP contribution < -0.4 is 5.73 Å². The van der Waals surface area contributed by atoms with E-state index in [4.69, 9.17) is 5.73 Å². The van der Waals surface area contributed by atoms with Crippen molar-refractivity contribution in [3.05, 3.63) is 0 Å². The minimum Gasteiger partial charge on any atom is -0.345 e. The van der Waals surface area contributed by atoms with Crippen LogP contribution >= 0.6 is 11.8 Å². The van der Waals surface area contributed by atoms with Gasteiger partial charge in [0.2, 0.25) is 5.91 Å². The molecule has 0 aromatic heterocycles. The maximum atomic E-state index is 11.6. The Kier molecular flexibility index (Phi) is 10.2. The Morgan fingerprint density at radius 3 is 2.53 bits per heavy atom. The molecular weight excluding hydrogens is 208 g/mol. The first-order valence-corrected chi connectivity index (χ1v) is 7.04. The zero-order valence-corrected chi connectivity index (χ0v) is 10.8. The van der Waals surface area contributed by atoms with Crippen LogP contribution in [0.2, 0.25) is 0 Å². The Balaban J connectivity index is 3.38. The zero-order chi connectivity index (χ0) is 11.5. The zero-order valence-electron chi connectivity index (χ0n) is 10.00. The van der Waals surface area contributed by atoms with Crippen LogP contribution in [0.15, 0.2) is 0 Å². The van der Waals surface area contributed by atoms with Gasteiger partial charge < -0.3 is 10.6 Å². The molecule has 0 aliphatic heterocycles. The molecule has 0 rings (SSSR count). The van der Waals surface area contributed by atoms with Crippen LogP contribution in [0.3, 0.4) is 0 Å². The molecule has 0 bridgehead atoms. The topological polar surface area (TPSA) is 46.3 Å². The highest BCUT2D eigenvalue weighted by atomic mass is 32.2. The predicted octanol–water partition coefficient (Wildman–Crippen LogP) is 1.72. The molecule has 15 heavy (non-hydrogen) atoms. The minimum atomic E-state index is 0.275. The van der Waals surface area contributed by atoms with E-state index in [-0.39, 0.29) is 5.91 Å². The Bertz CT molecular complexity index is 165. The normalized spacial score (nSPS) is 10.3. The molecule has 0 aromatic rings. The second-order valence-corrected chi connectivity index (χ2v) is 4.75. The second kappa shape index (κ2) is 10.3. The summed E-state index contributed by atoms with van der Waals surface area (Å²) in [5, 5.41) is 0. The lowest BCUT2D eigenvalue weighted by atomic mass is 10.1. The maximum Gasteiger partial charge on any atom is 0.222 e. The summed E-state index contributed by atoms with van der Waals surface area (Å²) in [5.41, 5.74) is 5.40. The van der Waals surface area contributed by atoms with E-state index >= 15 is 0 Å². The fraction of sp³-hybridized carbons (Fsp3) is 0.909. The van der Waals surface area contributed by atoms with Gasteiger partial charge in [-0.15, -0.1) is 0 Å². The van der Waals surface area contributed by atoms with Crippen molar-refractivity contribution in [2.24, 2.45) is 5.73 Å². The molecule has 0 heterocycles. The highest BCUT2D eigenvalue weighted by molar-refractivity contribution is 7.98. The highest BCUT2D eigenvalue weighted by Crippen LogP contribution is 2.04. The molecule has 0 saturated carbocycles. The van der Waals surface area contributed by atoms with Crippen molar-refractivity contribution in [3.63, 3.8) is 0 Å². The van der Waals surface area contributed by atoms with Crippen molar-refractivity contribution in [2.75, 3.05) is 32.1 Å². The van der Waals surface area contributed by atoms with Crippen LogP contribution in [0.5, 0.6) is 0 Å². The average molecular weight is 232 g/mol. The SMILES string of the molecule is CSCCN(C)C(=O)CCCCCCN. The Morgan fingerprint density at radius 2 is 1.93 bits per heavy atom. The molecule has 0 spiro atoms. The second-order valence-electron chi connectivity index (χ2n) is 3.76. The molecule has 0 unspecified atom stereocenters. The van der Waals surface area contributed by atoms with Gasteiger partial charge in [-0.2, -0.15) is 11.8 Å². The van der Waals surface area contributed by atoms with Gasteiger partial charge in [0.1, 0.15) is 0 Å². The maximum absolute atomic E-state index is 11.6. The van der Waals surface area contributed by atoms with E-state index in [0.717, 1.165) is 44.5 Å². The predicted molar refractivity (Wildman–Crippen MR) is 68.2 cm³/mol. The van der Waals surface area contributed by atoms with Gasteiger partial charge in [0, 0.05) is 25.8 Å². The average Bonchev–Trinajstić information content (AvgIpc) is 2.25. The summed E-state index contributed by atoms with van der Waals surface area (Å²) in [7, 11) is 1.89. The van der Waals surface area contributed by atoms with Gasteiger partial charge in [-0.25, -0.2) is 0 Å². The lowest BCUT2D eigenvalue weighted by Gasteiger charge is -2.16. The van der Waals surface area contributed by atoms with Gasteiger partial charge in [-0.1, -0.05) is 12.8 Å². The first kappa shape index (κ1) is 14.8. The number of nitrogens with zero attached hydrogens (tertiary/aromatic N) is 1. The van der Waals surface area contributed by atoms with Gasteiger partial charge in [0.05, 0.1) is 0 Å². The van der Waals surface area contributed by atoms with Gasteiger partial charge >= 0.3 is 0 Å². The molecule has 3 nitrogen and oxygen atoms in total. The molecule has 0 radical (unpaired) electrons. The van der Waals surface area contributed by atoms with Gasteiger partial charge in [0.15, 0.2) is 0 Å². The van der Waals surface area contributed by atoms with Gasteiger partial charge in [-0.3, -0.25) is 4.79 Å². The number of amides is 1. The number of thioether (sulfide) groups is 1. The Morgan fingerprint density at radius 1 is 1.27 bits per heavy atom. The van der Waals surface area contributed by atoms with E-state index in [9.17, 15) is 4.79 Å². The van der Waals surface area contributed by atoms with Crippen LogP contribution in [0, 0.1) is 0 Å². The summed E-state index contributed by atoms with van der Waals surface area (Å²) < 4.78 is 0. The highest BCUT2D eigenvalue weighted by Gasteiger charge is 2.06. The van der Waals surface area contributed by atoms with Crippen molar-refractivity contribution in [2.45, 2.75) is 32.1 Å². The lowest BCUT2D eigenvalue weighted by Crippen LogP contribution is -2.28. The summed E-state index contributed by atoms with van der Waals surface area (Å²) in [6, 6.07) is 0. The van der Waals surface area contributed by atoms with Crippen molar-refractivity contribution in [3.8, 4) is 0 Å². The molecule has 0 aliphatic carbocycles. The van der Waals surface area contributed by atoms with Gasteiger partial charge in [-0.05, 0) is 25.6 Å². The molecular formula is C11H24N2OS. The van der Waals surface area contributed by atoms with Crippen molar-refractivity contribution in [1.82, 2.24) is 4.90 Å². The fourth-order valence-corrected chi connectivity index (χ4v) is 1.77. The first-order chi connectivity index (χ1) is 7.22. The standard InChI is InChI=1S/C11H24N2OS/c1-13(9-10-15-2)11(14)7-5-3-4-6-8-12/h3-10,12H2,1-2H3. The molecule has 90 valence electrons. The number of unbranched alkanes of at least 4 members (excludes halogenated alkanes) is 3. The number of carbonyl (C=O) groups excluding carboxylic acids is 1.